The molecule has 0 bridgehead atoms. The van der Waals surface area contributed by atoms with Crippen molar-refractivity contribution in [2.24, 2.45) is 0 Å². The Bertz CT molecular complexity index is 718. The van der Waals surface area contributed by atoms with E-state index in [1.807, 2.05) is 65.4 Å². The normalized spacial score (nSPS) is 10.3. The topological polar surface area (TPSA) is 27.1 Å². The fourth-order valence-corrected chi connectivity index (χ4v) is 2.12. The molecule has 0 atom stereocenters. The minimum Gasteiger partial charge on any atom is -0.488 e. The Morgan fingerprint density at radius 3 is 2.57 bits per heavy atom. The van der Waals surface area contributed by atoms with E-state index in [-0.39, 0.29) is 0 Å². The van der Waals surface area contributed by atoms with Crippen LogP contribution in [-0.4, -0.2) is 9.55 Å². The average Bonchev–Trinajstić information content (AvgIpc) is 3.08. The predicted molar refractivity (Wildman–Crippen MR) is 83.9 cm³/mol. The molecule has 0 aliphatic heterocycles. The molecule has 0 saturated carbocycles. The zero-order chi connectivity index (χ0) is 14.5. The number of nitrogens with zero attached hydrogens (tertiary/aromatic N) is 2. The Balaban J connectivity index is 1.81. The molecule has 0 amide bonds. The number of rotatable bonds is 5. The number of hydrogen-bond acceptors (Lipinski definition) is 2. The lowest BCUT2D eigenvalue weighted by Crippen LogP contribution is -2.01. The molecule has 0 aliphatic rings. The highest BCUT2D eigenvalue weighted by Gasteiger charge is 2.08. The highest BCUT2D eigenvalue weighted by Crippen LogP contribution is 2.26. The summed E-state index contributed by atoms with van der Waals surface area (Å²) in [4.78, 5) is 4.05. The number of hydrogen-bond donors (Lipinski definition) is 0. The van der Waals surface area contributed by atoms with Gasteiger partial charge in [-0.2, -0.15) is 0 Å². The van der Waals surface area contributed by atoms with Crippen molar-refractivity contribution in [2.45, 2.75) is 6.61 Å². The quantitative estimate of drug-likeness (QED) is 0.704. The molecule has 0 saturated heterocycles. The average molecular weight is 276 g/mol. The third-order valence-electron chi connectivity index (χ3n) is 3.25. The highest BCUT2D eigenvalue weighted by atomic mass is 16.5. The van der Waals surface area contributed by atoms with Gasteiger partial charge in [0.25, 0.3) is 0 Å². The van der Waals surface area contributed by atoms with Crippen molar-refractivity contribution >= 4 is 5.70 Å². The molecule has 0 fully saturated rings. The summed E-state index contributed by atoms with van der Waals surface area (Å²) in [5.41, 5.74) is 2.95. The first kappa shape index (κ1) is 13.2. The first-order valence-electron chi connectivity index (χ1n) is 6.78. The smallest absolute Gasteiger partial charge is 0.129 e. The maximum Gasteiger partial charge on any atom is 0.129 e. The van der Waals surface area contributed by atoms with Crippen molar-refractivity contribution in [3.63, 3.8) is 0 Å². The van der Waals surface area contributed by atoms with Crippen molar-refractivity contribution in [2.75, 3.05) is 0 Å². The maximum atomic E-state index is 5.95. The second-order valence-electron chi connectivity index (χ2n) is 4.69. The van der Waals surface area contributed by atoms with Gasteiger partial charge in [-0.3, -0.25) is 0 Å². The molecule has 1 heterocycles. The van der Waals surface area contributed by atoms with E-state index in [0.29, 0.717) is 6.61 Å². The van der Waals surface area contributed by atoms with Crippen LogP contribution in [0.4, 0.5) is 0 Å². The molecular formula is C18H16N2O. The Labute approximate surface area is 124 Å². The van der Waals surface area contributed by atoms with E-state index < -0.39 is 0 Å². The first-order valence-corrected chi connectivity index (χ1v) is 6.78. The minimum atomic E-state index is 0.537. The molecule has 0 spiro atoms. The van der Waals surface area contributed by atoms with Crippen LogP contribution in [0.1, 0.15) is 11.1 Å². The molecule has 3 heteroatoms. The SMILES string of the molecule is C=C(c1ccccc1OCc1ccccc1)n1ccnc1. The zero-order valence-electron chi connectivity index (χ0n) is 11.6. The predicted octanol–water partition coefficient (Wildman–Crippen LogP) is 3.98. The molecule has 2 aromatic carbocycles. The van der Waals surface area contributed by atoms with Gasteiger partial charge in [0.15, 0.2) is 0 Å². The number of para-hydroxylation sites is 1. The summed E-state index contributed by atoms with van der Waals surface area (Å²) < 4.78 is 7.83. The van der Waals surface area contributed by atoms with Gasteiger partial charge in [-0.15, -0.1) is 0 Å². The number of aromatic nitrogens is 2. The Kier molecular flexibility index (Phi) is 3.83. The standard InChI is InChI=1S/C18H16N2O/c1-15(20-12-11-19-14-20)17-9-5-6-10-18(17)21-13-16-7-3-2-4-8-16/h2-12,14H,1,13H2. The number of ether oxygens (including phenoxy) is 1. The number of imidazole rings is 1. The third-order valence-corrected chi connectivity index (χ3v) is 3.25. The Hall–Kier alpha value is -2.81. The molecule has 21 heavy (non-hydrogen) atoms. The van der Waals surface area contributed by atoms with Crippen LogP contribution in [0.3, 0.4) is 0 Å². The van der Waals surface area contributed by atoms with Crippen LogP contribution in [0, 0.1) is 0 Å². The van der Waals surface area contributed by atoms with Crippen LogP contribution in [0.5, 0.6) is 5.75 Å². The summed E-state index contributed by atoms with van der Waals surface area (Å²) >= 11 is 0. The molecule has 0 N–H and O–H groups in total. The van der Waals surface area contributed by atoms with Gasteiger partial charge >= 0.3 is 0 Å². The second kappa shape index (κ2) is 6.09. The summed E-state index contributed by atoms with van der Waals surface area (Å²) in [7, 11) is 0. The van der Waals surface area contributed by atoms with E-state index >= 15 is 0 Å². The second-order valence-corrected chi connectivity index (χ2v) is 4.69. The van der Waals surface area contributed by atoms with Crippen molar-refractivity contribution < 1.29 is 4.74 Å². The Morgan fingerprint density at radius 2 is 1.81 bits per heavy atom. The third kappa shape index (κ3) is 3.03. The summed E-state index contributed by atoms with van der Waals surface area (Å²) in [5, 5.41) is 0. The molecule has 0 aliphatic carbocycles. The van der Waals surface area contributed by atoms with E-state index in [9.17, 15) is 0 Å². The van der Waals surface area contributed by atoms with Gasteiger partial charge in [-0.1, -0.05) is 49.0 Å². The van der Waals surface area contributed by atoms with E-state index in [1.54, 1.807) is 12.5 Å². The molecule has 1 aromatic heterocycles. The molecular weight excluding hydrogens is 260 g/mol. The lowest BCUT2D eigenvalue weighted by Gasteiger charge is -2.13. The van der Waals surface area contributed by atoms with Crippen molar-refractivity contribution in [1.29, 1.82) is 0 Å². The van der Waals surface area contributed by atoms with Gasteiger partial charge in [-0.05, 0) is 17.7 Å². The minimum absolute atomic E-state index is 0.537. The van der Waals surface area contributed by atoms with Crippen LogP contribution in [0.2, 0.25) is 0 Å². The van der Waals surface area contributed by atoms with Gasteiger partial charge in [-0.25, -0.2) is 4.98 Å². The van der Waals surface area contributed by atoms with Crippen LogP contribution in [0.25, 0.3) is 5.70 Å². The van der Waals surface area contributed by atoms with E-state index in [1.165, 1.54) is 0 Å². The van der Waals surface area contributed by atoms with E-state index in [0.717, 1.165) is 22.6 Å². The molecule has 3 nitrogen and oxygen atoms in total. The fourth-order valence-electron chi connectivity index (χ4n) is 2.12. The fraction of sp³-hybridized carbons (Fsp3) is 0.0556. The van der Waals surface area contributed by atoms with E-state index in [2.05, 4.69) is 11.6 Å². The molecule has 0 radical (unpaired) electrons. The monoisotopic (exact) mass is 276 g/mol. The van der Waals surface area contributed by atoms with Crippen molar-refractivity contribution in [3.8, 4) is 5.75 Å². The van der Waals surface area contributed by atoms with Crippen LogP contribution in [-0.2, 0) is 6.61 Å². The molecule has 3 aromatic rings. The maximum absolute atomic E-state index is 5.95. The summed E-state index contributed by atoms with van der Waals surface area (Å²) in [6.45, 7) is 4.66. The zero-order valence-corrected chi connectivity index (χ0v) is 11.6. The van der Waals surface area contributed by atoms with Crippen LogP contribution in [0.15, 0.2) is 79.9 Å². The summed E-state index contributed by atoms with van der Waals surface area (Å²) in [5.74, 6) is 0.819. The molecule has 0 unspecified atom stereocenters. The van der Waals surface area contributed by atoms with Crippen LogP contribution >= 0.6 is 0 Å². The van der Waals surface area contributed by atoms with Gasteiger partial charge in [0.1, 0.15) is 12.4 Å². The number of benzene rings is 2. The van der Waals surface area contributed by atoms with Crippen molar-refractivity contribution in [1.82, 2.24) is 9.55 Å². The first-order chi connectivity index (χ1) is 10.3. The largest absolute Gasteiger partial charge is 0.488 e. The van der Waals surface area contributed by atoms with Gasteiger partial charge in [0, 0.05) is 18.0 Å². The summed E-state index contributed by atoms with van der Waals surface area (Å²) in [6.07, 6.45) is 5.34. The molecule has 104 valence electrons. The van der Waals surface area contributed by atoms with Gasteiger partial charge < -0.3 is 9.30 Å². The lowest BCUT2D eigenvalue weighted by atomic mass is 10.1. The van der Waals surface area contributed by atoms with Gasteiger partial charge in [0.2, 0.25) is 0 Å². The summed E-state index contributed by atoms with van der Waals surface area (Å²) in [6, 6.07) is 18.0. The van der Waals surface area contributed by atoms with Crippen LogP contribution < -0.4 is 4.74 Å². The van der Waals surface area contributed by atoms with Crippen molar-refractivity contribution in [3.05, 3.63) is 91.0 Å². The van der Waals surface area contributed by atoms with Gasteiger partial charge in [0.05, 0.1) is 12.0 Å². The lowest BCUT2D eigenvalue weighted by molar-refractivity contribution is 0.305. The molecule has 3 rings (SSSR count). The highest BCUT2D eigenvalue weighted by molar-refractivity contribution is 5.68. The van der Waals surface area contributed by atoms with E-state index in [4.69, 9.17) is 4.74 Å². The Morgan fingerprint density at radius 1 is 1.05 bits per heavy atom.